The standard InChI is InChI=1S/C31H34F3N3O7/c1-6-11-43-25(39)13-23(24(38)16-44-27-17(2)20(32)12-21(33)26(27)34)36-28(40)18-14-37(15-18)30(42)29(41)35-22-10-8-7-9-19(22)31(3,4)5/h6-10,12,18,23H,1,11,13-16H2,2-5H3,(H,35,41)(H,36,40)/t23-/m0/s1. The minimum absolute atomic E-state index is 0.135. The van der Waals surface area contributed by atoms with Gasteiger partial charge in [0.25, 0.3) is 0 Å². The molecular formula is C31H34F3N3O7. The first-order valence-electron chi connectivity index (χ1n) is 13.7. The van der Waals surface area contributed by atoms with Crippen LogP contribution < -0.4 is 15.4 Å². The molecule has 2 aromatic rings. The summed E-state index contributed by atoms with van der Waals surface area (Å²) < 4.78 is 51.6. The summed E-state index contributed by atoms with van der Waals surface area (Å²) in [7, 11) is 0. The van der Waals surface area contributed by atoms with Crippen LogP contribution in [0.4, 0.5) is 18.9 Å². The SMILES string of the molecule is C=CCOC(=O)C[C@H](NC(=O)C1CN(C(=O)C(=O)Nc2ccccc2C(C)(C)C)C1)C(=O)COc1c(C)c(F)cc(F)c1F. The first-order valence-corrected chi connectivity index (χ1v) is 13.7. The van der Waals surface area contributed by atoms with Crippen LogP contribution in [0.5, 0.6) is 5.75 Å². The Hall–Kier alpha value is -4.68. The molecule has 0 aliphatic carbocycles. The van der Waals surface area contributed by atoms with Gasteiger partial charge in [0, 0.05) is 30.4 Å². The van der Waals surface area contributed by atoms with Crippen LogP contribution in [0, 0.1) is 30.3 Å². The number of rotatable bonds is 11. The van der Waals surface area contributed by atoms with Crippen LogP contribution in [-0.4, -0.2) is 66.7 Å². The molecule has 1 fully saturated rings. The normalized spacial score (nSPS) is 13.8. The Balaban J connectivity index is 1.63. The number of para-hydroxylation sites is 1. The molecule has 3 amide bonds. The van der Waals surface area contributed by atoms with Crippen molar-refractivity contribution in [2.24, 2.45) is 5.92 Å². The number of benzene rings is 2. The smallest absolute Gasteiger partial charge is 0.313 e. The number of anilines is 1. The molecular weight excluding hydrogens is 583 g/mol. The zero-order valence-corrected chi connectivity index (χ0v) is 24.8. The first kappa shape index (κ1) is 33.8. The molecule has 1 heterocycles. The zero-order valence-electron chi connectivity index (χ0n) is 24.8. The molecule has 0 bridgehead atoms. The van der Waals surface area contributed by atoms with E-state index in [1.54, 1.807) is 12.1 Å². The lowest BCUT2D eigenvalue weighted by molar-refractivity contribution is -0.151. The minimum atomic E-state index is -1.52. The van der Waals surface area contributed by atoms with Gasteiger partial charge >= 0.3 is 17.8 Å². The molecule has 2 N–H and O–H groups in total. The molecule has 2 aromatic carbocycles. The van der Waals surface area contributed by atoms with Crippen molar-refractivity contribution >= 4 is 35.2 Å². The Morgan fingerprint density at radius 3 is 2.39 bits per heavy atom. The van der Waals surface area contributed by atoms with Crippen LogP contribution in [0.15, 0.2) is 43.0 Å². The van der Waals surface area contributed by atoms with Gasteiger partial charge in [-0.05, 0) is 24.0 Å². The Labute approximate surface area is 252 Å². The molecule has 0 aromatic heterocycles. The van der Waals surface area contributed by atoms with Gasteiger partial charge in [0.05, 0.1) is 12.3 Å². The van der Waals surface area contributed by atoms with Gasteiger partial charge in [-0.3, -0.25) is 24.0 Å². The maximum Gasteiger partial charge on any atom is 0.313 e. The molecule has 44 heavy (non-hydrogen) atoms. The van der Waals surface area contributed by atoms with E-state index in [1.165, 1.54) is 6.08 Å². The lowest BCUT2D eigenvalue weighted by Gasteiger charge is -2.38. The van der Waals surface area contributed by atoms with Crippen LogP contribution in [0.25, 0.3) is 0 Å². The number of ether oxygens (including phenoxy) is 2. The summed E-state index contributed by atoms with van der Waals surface area (Å²) in [4.78, 5) is 64.6. The van der Waals surface area contributed by atoms with Crippen molar-refractivity contribution in [1.29, 1.82) is 0 Å². The number of hydrogen-bond donors (Lipinski definition) is 2. The number of Topliss-reactive ketones (excluding diaryl/α,β-unsaturated/α-hetero) is 1. The van der Waals surface area contributed by atoms with Gasteiger partial charge in [-0.25, -0.2) is 8.78 Å². The fourth-order valence-electron chi connectivity index (χ4n) is 4.37. The molecule has 236 valence electrons. The summed E-state index contributed by atoms with van der Waals surface area (Å²) in [5, 5.41) is 5.01. The highest BCUT2D eigenvalue weighted by Crippen LogP contribution is 2.30. The fraction of sp³-hybridized carbons (Fsp3) is 0.387. The highest BCUT2D eigenvalue weighted by molar-refractivity contribution is 6.39. The molecule has 0 unspecified atom stereocenters. The van der Waals surface area contributed by atoms with Crippen LogP contribution in [0.2, 0.25) is 0 Å². The van der Waals surface area contributed by atoms with Gasteiger partial charge in [-0.2, -0.15) is 4.39 Å². The van der Waals surface area contributed by atoms with E-state index in [-0.39, 0.29) is 30.7 Å². The predicted molar refractivity (Wildman–Crippen MR) is 153 cm³/mol. The summed E-state index contributed by atoms with van der Waals surface area (Å²) in [6, 6.07) is 5.89. The van der Waals surface area contributed by atoms with Crippen molar-refractivity contribution in [3.63, 3.8) is 0 Å². The summed E-state index contributed by atoms with van der Waals surface area (Å²) in [5.41, 5.74) is 0.627. The minimum Gasteiger partial charge on any atom is -0.482 e. The lowest BCUT2D eigenvalue weighted by atomic mass is 9.86. The van der Waals surface area contributed by atoms with Crippen molar-refractivity contribution in [2.75, 3.05) is 31.6 Å². The summed E-state index contributed by atoms with van der Waals surface area (Å²) in [6.07, 6.45) is 0.657. The second-order valence-electron chi connectivity index (χ2n) is 11.3. The maximum atomic E-state index is 14.2. The number of amides is 3. The van der Waals surface area contributed by atoms with E-state index in [1.807, 2.05) is 32.9 Å². The van der Waals surface area contributed by atoms with Gasteiger partial charge in [0.2, 0.25) is 11.7 Å². The van der Waals surface area contributed by atoms with E-state index in [0.717, 1.165) is 17.4 Å². The van der Waals surface area contributed by atoms with Gasteiger partial charge in [0.1, 0.15) is 25.1 Å². The monoisotopic (exact) mass is 617 g/mol. The topological polar surface area (TPSA) is 131 Å². The van der Waals surface area contributed by atoms with Gasteiger partial charge in [-0.15, -0.1) is 0 Å². The number of likely N-dealkylation sites (tertiary alicyclic amines) is 1. The molecule has 0 saturated carbocycles. The Kier molecular flexibility index (Phi) is 10.9. The zero-order chi connectivity index (χ0) is 32.8. The highest BCUT2D eigenvalue weighted by Gasteiger charge is 2.40. The number of carbonyl (C=O) groups is 5. The number of halogens is 3. The van der Waals surface area contributed by atoms with Crippen LogP contribution >= 0.6 is 0 Å². The van der Waals surface area contributed by atoms with E-state index in [2.05, 4.69) is 17.2 Å². The summed E-state index contributed by atoms with van der Waals surface area (Å²) >= 11 is 0. The number of esters is 1. The molecule has 13 heteroatoms. The molecule has 3 rings (SSSR count). The largest absolute Gasteiger partial charge is 0.482 e. The average Bonchev–Trinajstić information content (AvgIpc) is 2.93. The quantitative estimate of drug-likeness (QED) is 0.171. The molecule has 1 aliphatic rings. The van der Waals surface area contributed by atoms with E-state index in [9.17, 15) is 37.1 Å². The van der Waals surface area contributed by atoms with Crippen molar-refractivity contribution in [2.45, 2.75) is 45.6 Å². The number of ketones is 1. The second-order valence-corrected chi connectivity index (χ2v) is 11.3. The third-order valence-corrected chi connectivity index (χ3v) is 6.88. The van der Waals surface area contributed by atoms with Crippen LogP contribution in [-0.2, 0) is 34.1 Å². The Morgan fingerprint density at radius 1 is 1.09 bits per heavy atom. The fourth-order valence-corrected chi connectivity index (χ4v) is 4.37. The lowest BCUT2D eigenvalue weighted by Crippen LogP contribution is -2.59. The van der Waals surface area contributed by atoms with Gasteiger partial charge in [-0.1, -0.05) is 51.6 Å². The molecule has 1 aliphatic heterocycles. The molecule has 0 radical (unpaired) electrons. The third kappa shape index (κ3) is 8.23. The van der Waals surface area contributed by atoms with E-state index < -0.39 is 77.7 Å². The van der Waals surface area contributed by atoms with Crippen LogP contribution in [0.1, 0.15) is 38.3 Å². The molecule has 1 atom stereocenters. The Bertz CT molecular complexity index is 1440. The van der Waals surface area contributed by atoms with Crippen molar-refractivity contribution < 1.29 is 46.6 Å². The average molecular weight is 618 g/mol. The second kappa shape index (κ2) is 14.2. The predicted octanol–water partition coefficient (Wildman–Crippen LogP) is 3.36. The number of nitrogens with zero attached hydrogens (tertiary/aromatic N) is 1. The molecule has 10 nitrogen and oxygen atoms in total. The van der Waals surface area contributed by atoms with Crippen LogP contribution in [0.3, 0.4) is 0 Å². The third-order valence-electron chi connectivity index (χ3n) is 6.88. The first-order chi connectivity index (χ1) is 20.6. The molecule has 0 spiro atoms. The van der Waals surface area contributed by atoms with E-state index in [0.29, 0.717) is 11.8 Å². The highest BCUT2D eigenvalue weighted by atomic mass is 19.2. The number of nitrogens with one attached hydrogen (secondary N) is 2. The van der Waals surface area contributed by atoms with Gasteiger partial charge < -0.3 is 25.0 Å². The Morgan fingerprint density at radius 2 is 1.75 bits per heavy atom. The molecule has 1 saturated heterocycles. The maximum absolute atomic E-state index is 14.2. The number of carbonyl (C=O) groups excluding carboxylic acids is 5. The number of hydrogen-bond acceptors (Lipinski definition) is 7. The van der Waals surface area contributed by atoms with Crippen molar-refractivity contribution in [3.05, 3.63) is 71.6 Å². The van der Waals surface area contributed by atoms with E-state index >= 15 is 0 Å². The summed E-state index contributed by atoms with van der Waals surface area (Å²) in [6.45, 7) is 9.04. The van der Waals surface area contributed by atoms with Crippen molar-refractivity contribution in [1.82, 2.24) is 10.2 Å². The van der Waals surface area contributed by atoms with E-state index in [4.69, 9.17) is 9.47 Å². The van der Waals surface area contributed by atoms with Gasteiger partial charge in [0.15, 0.2) is 17.3 Å². The van der Waals surface area contributed by atoms with Crippen molar-refractivity contribution in [3.8, 4) is 5.75 Å². The summed E-state index contributed by atoms with van der Waals surface area (Å²) in [5.74, 6) is -10.0.